The van der Waals surface area contributed by atoms with Crippen molar-refractivity contribution in [3.05, 3.63) is 46.5 Å². The largest absolute Gasteiger partial charge is 0.493 e. The number of Topliss-reactive ketones (excluding diaryl/α,β-unsaturated/α-hetero) is 1. The summed E-state index contributed by atoms with van der Waals surface area (Å²) in [5.41, 5.74) is 3.90. The molecule has 2 aromatic carbocycles. The quantitative estimate of drug-likeness (QED) is 0.675. The maximum absolute atomic E-state index is 13.6. The summed E-state index contributed by atoms with van der Waals surface area (Å²) in [5, 5.41) is 0. The third-order valence-corrected chi connectivity index (χ3v) is 7.16. The van der Waals surface area contributed by atoms with Gasteiger partial charge in [-0.2, -0.15) is 0 Å². The summed E-state index contributed by atoms with van der Waals surface area (Å²) in [4.78, 5) is 13.6. The molecule has 2 aliphatic heterocycles. The molecular formula is C24H25ClO5. The number of halogens is 1. The van der Waals surface area contributed by atoms with Crippen LogP contribution in [0.25, 0.3) is 0 Å². The molecule has 5 rings (SSSR count). The van der Waals surface area contributed by atoms with E-state index in [-0.39, 0.29) is 29.6 Å². The van der Waals surface area contributed by atoms with E-state index in [1.807, 2.05) is 18.2 Å². The first-order chi connectivity index (χ1) is 14.5. The molecule has 0 fully saturated rings. The number of benzene rings is 2. The number of fused-ring (bicyclic) bond motifs is 5. The summed E-state index contributed by atoms with van der Waals surface area (Å²) in [6.07, 6.45) is 1.72. The minimum atomic E-state index is -0.252. The normalized spacial score (nSPS) is 24.5. The Bertz CT molecular complexity index is 1020. The Morgan fingerprint density at radius 3 is 2.57 bits per heavy atom. The second-order valence-corrected chi connectivity index (χ2v) is 8.78. The molecule has 6 heteroatoms. The zero-order valence-electron chi connectivity index (χ0n) is 17.4. The number of alkyl halides is 1. The average Bonchev–Trinajstić information content (AvgIpc) is 3.19. The Kier molecular flexibility index (Phi) is 4.81. The van der Waals surface area contributed by atoms with Gasteiger partial charge in [0.15, 0.2) is 17.3 Å². The molecule has 5 nitrogen and oxygen atoms in total. The number of hydrogen-bond donors (Lipinski definition) is 0. The van der Waals surface area contributed by atoms with Crippen molar-refractivity contribution in [1.82, 2.24) is 0 Å². The van der Waals surface area contributed by atoms with Crippen LogP contribution in [0.1, 0.15) is 39.9 Å². The fourth-order valence-electron chi connectivity index (χ4n) is 4.95. The van der Waals surface area contributed by atoms with Crippen LogP contribution in [0.15, 0.2) is 24.3 Å². The number of carbonyl (C=O) groups excluding carboxylic acids is 1. The molecule has 3 aliphatic rings. The standard InChI is InChI=1S/C24H25ClO5/c1-12(10-25)18-6-14-4-13-5-15-11-29-20-9-22(28-3)21(27-2)8-17(20)23(15)24(26)16(13)7-19(14)30-18/h4,7-9,12,15,18,23H,5-6,10-11H2,1-3H3/t12?,15-,18-,23-/m0/s1. The third kappa shape index (κ3) is 2.94. The number of carbonyl (C=O) groups is 1. The predicted octanol–water partition coefficient (Wildman–Crippen LogP) is 4.41. The molecule has 2 aromatic rings. The van der Waals surface area contributed by atoms with Crippen molar-refractivity contribution in [3.63, 3.8) is 0 Å². The van der Waals surface area contributed by atoms with E-state index < -0.39 is 0 Å². The number of hydrogen-bond acceptors (Lipinski definition) is 5. The fourth-order valence-corrected chi connectivity index (χ4v) is 5.15. The Labute approximate surface area is 181 Å². The average molecular weight is 429 g/mol. The molecule has 0 amide bonds. The van der Waals surface area contributed by atoms with Crippen molar-refractivity contribution in [2.45, 2.75) is 31.8 Å². The molecule has 0 spiro atoms. The molecule has 0 N–H and O–H groups in total. The van der Waals surface area contributed by atoms with Gasteiger partial charge in [0.25, 0.3) is 0 Å². The van der Waals surface area contributed by atoms with Gasteiger partial charge >= 0.3 is 0 Å². The molecule has 158 valence electrons. The maximum atomic E-state index is 13.6. The van der Waals surface area contributed by atoms with Gasteiger partial charge in [0.05, 0.1) is 26.7 Å². The van der Waals surface area contributed by atoms with Crippen LogP contribution in [0.2, 0.25) is 0 Å². The lowest BCUT2D eigenvalue weighted by molar-refractivity contribution is 0.0850. The smallest absolute Gasteiger partial charge is 0.171 e. The van der Waals surface area contributed by atoms with Gasteiger partial charge in [0.1, 0.15) is 17.6 Å². The molecule has 0 saturated heterocycles. The van der Waals surface area contributed by atoms with Crippen molar-refractivity contribution < 1.29 is 23.7 Å². The van der Waals surface area contributed by atoms with Crippen LogP contribution in [-0.2, 0) is 12.8 Å². The van der Waals surface area contributed by atoms with E-state index in [4.69, 9.17) is 30.5 Å². The van der Waals surface area contributed by atoms with Gasteiger partial charge in [0.2, 0.25) is 0 Å². The summed E-state index contributed by atoms with van der Waals surface area (Å²) in [6.45, 7) is 2.61. The van der Waals surface area contributed by atoms with E-state index in [0.717, 1.165) is 35.3 Å². The molecule has 30 heavy (non-hydrogen) atoms. The van der Waals surface area contributed by atoms with Crippen LogP contribution >= 0.6 is 11.6 Å². The number of methoxy groups -OCH3 is 2. The van der Waals surface area contributed by atoms with Crippen LogP contribution in [0.3, 0.4) is 0 Å². The zero-order chi connectivity index (χ0) is 21.0. The Morgan fingerprint density at radius 2 is 1.83 bits per heavy atom. The van der Waals surface area contributed by atoms with E-state index in [2.05, 4.69) is 13.0 Å². The van der Waals surface area contributed by atoms with Gasteiger partial charge in [-0.1, -0.05) is 13.0 Å². The van der Waals surface area contributed by atoms with Crippen molar-refractivity contribution in [2.75, 3.05) is 26.7 Å². The number of rotatable bonds is 4. The lowest BCUT2D eigenvalue weighted by Crippen LogP contribution is -2.36. The molecule has 4 atom stereocenters. The number of ketones is 1. The Morgan fingerprint density at radius 1 is 1.07 bits per heavy atom. The van der Waals surface area contributed by atoms with Gasteiger partial charge in [-0.25, -0.2) is 0 Å². The predicted molar refractivity (Wildman–Crippen MR) is 114 cm³/mol. The molecule has 2 heterocycles. The second kappa shape index (κ2) is 7.38. The summed E-state index contributed by atoms with van der Waals surface area (Å²) in [7, 11) is 3.19. The van der Waals surface area contributed by atoms with Crippen molar-refractivity contribution in [2.24, 2.45) is 11.8 Å². The maximum Gasteiger partial charge on any atom is 0.171 e. The molecule has 1 unspecified atom stereocenters. The highest BCUT2D eigenvalue weighted by molar-refractivity contribution is 6.18. The van der Waals surface area contributed by atoms with Crippen molar-refractivity contribution in [3.8, 4) is 23.0 Å². The highest BCUT2D eigenvalue weighted by Crippen LogP contribution is 2.49. The van der Waals surface area contributed by atoms with Crippen LogP contribution in [0.4, 0.5) is 0 Å². The van der Waals surface area contributed by atoms with E-state index >= 15 is 0 Å². The SMILES string of the molecule is COc1cc2c(cc1OC)[C@H]1C(=O)c3cc4c(cc3C[C@H]1CO2)C[C@@H](C(C)CCl)O4. The molecule has 0 bridgehead atoms. The third-order valence-electron chi connectivity index (χ3n) is 6.67. The monoisotopic (exact) mass is 428 g/mol. The first-order valence-corrected chi connectivity index (χ1v) is 10.9. The minimum Gasteiger partial charge on any atom is -0.493 e. The summed E-state index contributed by atoms with van der Waals surface area (Å²) >= 11 is 6.03. The van der Waals surface area contributed by atoms with E-state index in [9.17, 15) is 4.79 Å². The topological polar surface area (TPSA) is 54.0 Å². The molecule has 0 radical (unpaired) electrons. The number of ether oxygens (including phenoxy) is 4. The van der Waals surface area contributed by atoms with Crippen LogP contribution in [-0.4, -0.2) is 38.6 Å². The van der Waals surface area contributed by atoms with Gasteiger partial charge in [0, 0.05) is 41.3 Å². The van der Waals surface area contributed by atoms with Crippen molar-refractivity contribution in [1.29, 1.82) is 0 Å². The van der Waals surface area contributed by atoms with Gasteiger partial charge in [-0.05, 0) is 29.7 Å². The lowest BCUT2D eigenvalue weighted by Gasteiger charge is -2.37. The first kappa shape index (κ1) is 19.6. The molecular weight excluding hydrogens is 404 g/mol. The van der Waals surface area contributed by atoms with Gasteiger partial charge in [-0.15, -0.1) is 11.6 Å². The Balaban J connectivity index is 1.53. The highest BCUT2D eigenvalue weighted by Gasteiger charge is 2.43. The van der Waals surface area contributed by atoms with Gasteiger partial charge in [-0.3, -0.25) is 4.79 Å². The van der Waals surface area contributed by atoms with Crippen LogP contribution in [0.5, 0.6) is 23.0 Å². The fraction of sp³-hybridized carbons (Fsp3) is 0.458. The van der Waals surface area contributed by atoms with E-state index in [0.29, 0.717) is 29.7 Å². The highest BCUT2D eigenvalue weighted by atomic mass is 35.5. The summed E-state index contributed by atoms with van der Waals surface area (Å²) < 4.78 is 23.0. The zero-order valence-corrected chi connectivity index (χ0v) is 18.1. The summed E-state index contributed by atoms with van der Waals surface area (Å²) in [5.74, 6) is 3.52. The van der Waals surface area contributed by atoms with Crippen molar-refractivity contribution >= 4 is 17.4 Å². The molecule has 0 aromatic heterocycles. The van der Waals surface area contributed by atoms with Crippen LogP contribution in [0, 0.1) is 11.8 Å². The lowest BCUT2D eigenvalue weighted by atomic mass is 9.70. The Hall–Kier alpha value is -2.40. The molecule has 0 saturated carbocycles. The van der Waals surface area contributed by atoms with E-state index in [1.165, 1.54) is 5.56 Å². The second-order valence-electron chi connectivity index (χ2n) is 8.47. The van der Waals surface area contributed by atoms with Crippen LogP contribution < -0.4 is 18.9 Å². The molecule has 1 aliphatic carbocycles. The minimum absolute atomic E-state index is 0.0690. The van der Waals surface area contributed by atoms with E-state index in [1.54, 1.807) is 14.2 Å². The summed E-state index contributed by atoms with van der Waals surface area (Å²) in [6, 6.07) is 7.80. The first-order valence-electron chi connectivity index (χ1n) is 10.3. The van der Waals surface area contributed by atoms with Gasteiger partial charge < -0.3 is 18.9 Å².